The molecule has 0 aromatic heterocycles. The SMILES string of the molecule is c1cc([As](c2ccc(C3CCCCC3)cc2)c2ccc(C3CCCCC3)cc2)ccc1C1CCCCC1. The summed E-state index contributed by atoms with van der Waals surface area (Å²) in [5.41, 5.74) is 4.74. The average Bonchev–Trinajstić information content (AvgIpc) is 3.00. The van der Waals surface area contributed by atoms with Gasteiger partial charge in [0.15, 0.2) is 0 Å². The van der Waals surface area contributed by atoms with Gasteiger partial charge in [-0.05, 0) is 0 Å². The van der Waals surface area contributed by atoms with E-state index >= 15 is 0 Å². The molecule has 0 N–H and O–H groups in total. The molecule has 0 aliphatic heterocycles. The molecule has 0 saturated heterocycles. The normalized spacial score (nSPS) is 20.4. The molecule has 0 radical (unpaired) electrons. The van der Waals surface area contributed by atoms with Crippen molar-refractivity contribution in [2.75, 3.05) is 0 Å². The van der Waals surface area contributed by atoms with E-state index in [0.29, 0.717) is 0 Å². The van der Waals surface area contributed by atoms with Gasteiger partial charge in [0.1, 0.15) is 0 Å². The fourth-order valence-electron chi connectivity index (χ4n) is 7.44. The first-order valence-electron chi connectivity index (χ1n) is 15.5. The van der Waals surface area contributed by atoms with Gasteiger partial charge in [-0.1, -0.05) is 0 Å². The van der Waals surface area contributed by atoms with Crippen LogP contribution in [0.1, 0.15) is 131 Å². The van der Waals surface area contributed by atoms with Crippen molar-refractivity contribution in [3.05, 3.63) is 89.5 Å². The van der Waals surface area contributed by atoms with Crippen molar-refractivity contribution >= 4 is 27.7 Å². The van der Waals surface area contributed by atoms with Crippen LogP contribution in [0.25, 0.3) is 0 Å². The summed E-state index contributed by atoms with van der Waals surface area (Å²) in [5.74, 6) is 2.36. The van der Waals surface area contributed by atoms with Gasteiger partial charge in [-0.15, -0.1) is 0 Å². The van der Waals surface area contributed by atoms with Gasteiger partial charge in [-0.3, -0.25) is 0 Å². The van der Waals surface area contributed by atoms with Crippen molar-refractivity contribution in [3.63, 3.8) is 0 Å². The summed E-state index contributed by atoms with van der Waals surface area (Å²) in [7, 11) is 0. The molecular weight excluding hydrogens is 507 g/mol. The van der Waals surface area contributed by atoms with Crippen LogP contribution in [-0.4, -0.2) is 14.7 Å². The molecule has 3 aliphatic rings. The molecular formula is C36H45As. The molecule has 0 bridgehead atoms. The Bertz CT molecular complexity index is 947. The Morgan fingerprint density at radius 2 is 0.568 bits per heavy atom. The molecule has 0 unspecified atom stereocenters. The van der Waals surface area contributed by atoms with Gasteiger partial charge in [0.05, 0.1) is 0 Å². The summed E-state index contributed by atoms with van der Waals surface area (Å²) in [5, 5.41) is 0. The Hall–Kier alpha value is -1.78. The number of benzene rings is 3. The van der Waals surface area contributed by atoms with E-state index in [1.165, 1.54) is 96.3 Å². The first-order chi connectivity index (χ1) is 18.3. The molecule has 3 saturated carbocycles. The minimum atomic E-state index is -1.59. The third-order valence-corrected chi connectivity index (χ3v) is 14.8. The van der Waals surface area contributed by atoms with Crippen molar-refractivity contribution in [2.45, 2.75) is 114 Å². The van der Waals surface area contributed by atoms with Gasteiger partial charge >= 0.3 is 231 Å². The molecule has 6 rings (SSSR count). The fraction of sp³-hybridized carbons (Fsp3) is 0.500. The Labute approximate surface area is 230 Å². The molecule has 3 fully saturated rings. The van der Waals surface area contributed by atoms with Crippen molar-refractivity contribution < 1.29 is 0 Å². The van der Waals surface area contributed by atoms with E-state index in [-0.39, 0.29) is 0 Å². The molecule has 0 amide bonds. The fourth-order valence-corrected chi connectivity index (χ4v) is 12.1. The van der Waals surface area contributed by atoms with Crippen LogP contribution >= 0.6 is 0 Å². The Kier molecular flexibility index (Phi) is 8.53. The van der Waals surface area contributed by atoms with Crippen molar-refractivity contribution in [1.82, 2.24) is 0 Å². The van der Waals surface area contributed by atoms with Gasteiger partial charge in [-0.25, -0.2) is 0 Å². The zero-order chi connectivity index (χ0) is 24.9. The van der Waals surface area contributed by atoms with Gasteiger partial charge < -0.3 is 0 Å². The van der Waals surface area contributed by atoms with E-state index in [1.807, 2.05) is 0 Å². The first-order valence-corrected chi connectivity index (χ1v) is 18.3. The Morgan fingerprint density at radius 3 is 0.811 bits per heavy atom. The maximum atomic E-state index is 2.51. The molecule has 0 atom stereocenters. The molecule has 194 valence electrons. The molecule has 0 spiro atoms. The molecule has 0 heterocycles. The monoisotopic (exact) mass is 552 g/mol. The van der Waals surface area contributed by atoms with Crippen molar-refractivity contribution in [3.8, 4) is 0 Å². The van der Waals surface area contributed by atoms with Crippen LogP contribution in [-0.2, 0) is 0 Å². The Morgan fingerprint density at radius 1 is 0.324 bits per heavy atom. The van der Waals surface area contributed by atoms with Crippen LogP contribution in [0.2, 0.25) is 0 Å². The quantitative estimate of drug-likeness (QED) is 0.270. The molecule has 0 nitrogen and oxygen atoms in total. The van der Waals surface area contributed by atoms with E-state index in [0.717, 1.165) is 17.8 Å². The van der Waals surface area contributed by atoms with Crippen LogP contribution in [0.3, 0.4) is 0 Å². The van der Waals surface area contributed by atoms with Crippen LogP contribution in [0.5, 0.6) is 0 Å². The predicted molar refractivity (Wildman–Crippen MR) is 161 cm³/mol. The van der Waals surface area contributed by atoms with Crippen LogP contribution in [0.4, 0.5) is 0 Å². The average molecular weight is 553 g/mol. The molecule has 37 heavy (non-hydrogen) atoms. The number of hydrogen-bond acceptors (Lipinski definition) is 0. The van der Waals surface area contributed by atoms with Crippen molar-refractivity contribution in [2.24, 2.45) is 0 Å². The van der Waals surface area contributed by atoms with E-state index in [9.17, 15) is 0 Å². The summed E-state index contributed by atoms with van der Waals surface area (Å²) in [6, 6.07) is 30.0. The summed E-state index contributed by atoms with van der Waals surface area (Å²) in [6.45, 7) is 0. The van der Waals surface area contributed by atoms with E-state index in [4.69, 9.17) is 0 Å². The second kappa shape index (κ2) is 12.4. The molecule has 3 aromatic carbocycles. The van der Waals surface area contributed by atoms with Crippen LogP contribution in [0.15, 0.2) is 72.8 Å². The van der Waals surface area contributed by atoms with E-state index in [1.54, 1.807) is 29.7 Å². The summed E-state index contributed by atoms with van der Waals surface area (Å²) in [6.07, 6.45) is 21.0. The topological polar surface area (TPSA) is 0 Å². The van der Waals surface area contributed by atoms with E-state index < -0.39 is 14.7 Å². The van der Waals surface area contributed by atoms with Crippen LogP contribution < -0.4 is 13.1 Å². The zero-order valence-corrected chi connectivity index (χ0v) is 24.6. The standard InChI is InChI=1S/C36H45As/c1-4-10-28(11-5-1)31-16-22-34(23-17-31)37(35-24-18-32(19-25-35)29-12-6-2-7-13-29)36-26-20-33(21-27-36)30-14-8-3-9-15-30/h16-30H,1-15H2. The second-order valence-electron chi connectivity index (χ2n) is 12.1. The zero-order valence-electron chi connectivity index (χ0n) is 22.7. The van der Waals surface area contributed by atoms with Gasteiger partial charge in [0, 0.05) is 0 Å². The third-order valence-electron chi connectivity index (χ3n) is 9.68. The number of hydrogen-bond donors (Lipinski definition) is 0. The molecule has 1 heteroatoms. The summed E-state index contributed by atoms with van der Waals surface area (Å²) < 4.78 is 4.76. The van der Waals surface area contributed by atoms with Gasteiger partial charge in [0.2, 0.25) is 0 Å². The van der Waals surface area contributed by atoms with Gasteiger partial charge in [-0.2, -0.15) is 0 Å². The molecule has 3 aliphatic carbocycles. The van der Waals surface area contributed by atoms with Crippen LogP contribution in [0, 0.1) is 0 Å². The molecule has 3 aromatic rings. The minimum absolute atomic E-state index is 0.785. The second-order valence-corrected chi connectivity index (χ2v) is 16.8. The first kappa shape index (κ1) is 25.5. The Balaban J connectivity index is 1.29. The predicted octanol–water partition coefficient (Wildman–Crippen LogP) is 8.35. The maximum absolute atomic E-state index is 2.51. The van der Waals surface area contributed by atoms with Crippen molar-refractivity contribution in [1.29, 1.82) is 0 Å². The van der Waals surface area contributed by atoms with E-state index in [2.05, 4.69) is 72.8 Å². The number of rotatable bonds is 6. The summed E-state index contributed by atoms with van der Waals surface area (Å²) in [4.78, 5) is 0. The third kappa shape index (κ3) is 6.11. The van der Waals surface area contributed by atoms with Gasteiger partial charge in [0.25, 0.3) is 0 Å². The summed E-state index contributed by atoms with van der Waals surface area (Å²) >= 11 is -1.59.